The van der Waals surface area contributed by atoms with Crippen molar-refractivity contribution in [3.05, 3.63) is 45.9 Å². The first kappa shape index (κ1) is 10.5. The number of halogens is 1. The van der Waals surface area contributed by atoms with Gasteiger partial charge in [-0.3, -0.25) is 0 Å². The zero-order valence-electron chi connectivity index (χ0n) is 8.27. The molecule has 4 heteroatoms. The molecule has 1 atom stereocenters. The van der Waals surface area contributed by atoms with Crippen LogP contribution in [0.2, 0.25) is 5.02 Å². The molecule has 2 rings (SSSR count). The molecule has 0 saturated carbocycles. The van der Waals surface area contributed by atoms with Crippen molar-refractivity contribution < 1.29 is 0 Å². The van der Waals surface area contributed by atoms with Crippen molar-refractivity contribution in [1.29, 1.82) is 0 Å². The Morgan fingerprint density at radius 1 is 1.40 bits per heavy atom. The van der Waals surface area contributed by atoms with Crippen LogP contribution in [0.5, 0.6) is 0 Å². The van der Waals surface area contributed by atoms with Gasteiger partial charge in [-0.15, -0.1) is 11.3 Å². The summed E-state index contributed by atoms with van der Waals surface area (Å²) in [6, 6.07) is 7.81. The van der Waals surface area contributed by atoms with E-state index >= 15 is 0 Å². The first-order valence-electron chi connectivity index (χ1n) is 4.64. The van der Waals surface area contributed by atoms with Crippen LogP contribution < -0.4 is 5.73 Å². The lowest BCUT2D eigenvalue weighted by atomic mass is 9.99. The van der Waals surface area contributed by atoms with E-state index in [1.165, 1.54) is 11.3 Å². The molecule has 2 N–H and O–H groups in total. The molecule has 0 radical (unpaired) electrons. The van der Waals surface area contributed by atoms with Crippen LogP contribution in [0.25, 0.3) is 0 Å². The Bertz CT molecular complexity index is 467. The van der Waals surface area contributed by atoms with E-state index in [1.807, 2.05) is 29.6 Å². The van der Waals surface area contributed by atoms with E-state index < -0.39 is 0 Å². The number of thiazole rings is 1. The predicted molar refractivity (Wildman–Crippen MR) is 65.5 cm³/mol. The Kier molecular flexibility index (Phi) is 2.93. The highest BCUT2D eigenvalue weighted by atomic mass is 35.5. The Balaban J connectivity index is 2.36. The van der Waals surface area contributed by atoms with Crippen LogP contribution in [0.3, 0.4) is 0 Å². The van der Waals surface area contributed by atoms with Crippen molar-refractivity contribution in [2.75, 3.05) is 5.73 Å². The summed E-state index contributed by atoms with van der Waals surface area (Å²) in [5, 5.41) is 3.35. The van der Waals surface area contributed by atoms with Gasteiger partial charge < -0.3 is 5.73 Å². The largest absolute Gasteiger partial charge is 0.375 e. The third-order valence-corrected chi connectivity index (χ3v) is 3.39. The van der Waals surface area contributed by atoms with Crippen molar-refractivity contribution in [1.82, 2.24) is 4.98 Å². The van der Waals surface area contributed by atoms with Crippen molar-refractivity contribution in [2.45, 2.75) is 12.8 Å². The number of benzene rings is 1. The maximum atomic E-state index is 6.12. The van der Waals surface area contributed by atoms with Gasteiger partial charge in [0.1, 0.15) is 0 Å². The van der Waals surface area contributed by atoms with Crippen LogP contribution in [0.15, 0.2) is 29.6 Å². The number of nitrogen functional groups attached to an aromatic ring is 1. The molecule has 0 aliphatic rings. The number of nitrogens with zero attached hydrogens (tertiary/aromatic N) is 1. The Hall–Kier alpha value is -1.06. The van der Waals surface area contributed by atoms with E-state index in [4.69, 9.17) is 17.3 Å². The molecule has 0 bridgehead atoms. The molecule has 0 aliphatic carbocycles. The average Bonchev–Trinajstić information content (AvgIpc) is 2.65. The molecule has 1 unspecified atom stereocenters. The number of hydrogen-bond acceptors (Lipinski definition) is 3. The smallest absolute Gasteiger partial charge is 0.180 e. The highest BCUT2D eigenvalue weighted by Gasteiger charge is 2.13. The normalized spacial score (nSPS) is 12.7. The van der Waals surface area contributed by atoms with Gasteiger partial charge in [-0.25, -0.2) is 4.98 Å². The maximum absolute atomic E-state index is 6.12. The van der Waals surface area contributed by atoms with Crippen LogP contribution in [0.4, 0.5) is 5.13 Å². The zero-order valence-corrected chi connectivity index (χ0v) is 9.85. The second-order valence-corrected chi connectivity index (χ2v) is 4.65. The second-order valence-electron chi connectivity index (χ2n) is 3.35. The van der Waals surface area contributed by atoms with Gasteiger partial charge in [-0.2, -0.15) is 0 Å². The molecular weight excluding hydrogens is 228 g/mol. The van der Waals surface area contributed by atoms with Crippen molar-refractivity contribution in [2.24, 2.45) is 0 Å². The lowest BCUT2D eigenvalue weighted by Gasteiger charge is -2.10. The van der Waals surface area contributed by atoms with E-state index in [0.717, 1.165) is 16.3 Å². The van der Waals surface area contributed by atoms with Gasteiger partial charge in [-0.05, 0) is 11.6 Å². The SMILES string of the molecule is CC(c1csc(N)n1)c1ccccc1Cl. The number of anilines is 1. The lowest BCUT2D eigenvalue weighted by molar-refractivity contribution is 0.886. The molecule has 78 valence electrons. The number of hydrogen-bond donors (Lipinski definition) is 1. The number of rotatable bonds is 2. The summed E-state index contributed by atoms with van der Waals surface area (Å²) < 4.78 is 0. The first-order chi connectivity index (χ1) is 7.18. The summed E-state index contributed by atoms with van der Waals surface area (Å²) in [5.41, 5.74) is 7.67. The fourth-order valence-electron chi connectivity index (χ4n) is 1.49. The molecule has 1 heterocycles. The van der Waals surface area contributed by atoms with Gasteiger partial charge in [0.05, 0.1) is 5.69 Å². The quantitative estimate of drug-likeness (QED) is 0.869. The van der Waals surface area contributed by atoms with E-state index in [0.29, 0.717) is 5.13 Å². The Morgan fingerprint density at radius 3 is 2.73 bits per heavy atom. The minimum atomic E-state index is 0.187. The van der Waals surface area contributed by atoms with Crippen molar-refractivity contribution in [3.8, 4) is 0 Å². The molecular formula is C11H11ClN2S. The highest BCUT2D eigenvalue weighted by Crippen LogP contribution is 2.30. The van der Waals surface area contributed by atoms with Crippen LogP contribution in [-0.4, -0.2) is 4.98 Å². The number of aromatic nitrogens is 1. The fraction of sp³-hybridized carbons (Fsp3) is 0.182. The summed E-state index contributed by atoms with van der Waals surface area (Å²) in [6.07, 6.45) is 0. The minimum Gasteiger partial charge on any atom is -0.375 e. The van der Waals surface area contributed by atoms with E-state index in [-0.39, 0.29) is 5.92 Å². The highest BCUT2D eigenvalue weighted by molar-refractivity contribution is 7.13. The van der Waals surface area contributed by atoms with E-state index in [2.05, 4.69) is 11.9 Å². The molecule has 0 spiro atoms. The standard InChI is InChI=1S/C11H11ClN2S/c1-7(10-6-15-11(13)14-10)8-4-2-3-5-9(8)12/h2-7H,1H3,(H2,13,14). The first-order valence-corrected chi connectivity index (χ1v) is 5.89. The van der Waals surface area contributed by atoms with Gasteiger partial charge in [0, 0.05) is 16.3 Å². The molecule has 2 nitrogen and oxygen atoms in total. The van der Waals surface area contributed by atoms with Crippen LogP contribution in [-0.2, 0) is 0 Å². The summed E-state index contributed by atoms with van der Waals surface area (Å²) in [7, 11) is 0. The third-order valence-electron chi connectivity index (χ3n) is 2.36. The predicted octanol–water partition coefficient (Wildman–Crippen LogP) is 3.53. The second kappa shape index (κ2) is 4.21. The topological polar surface area (TPSA) is 38.9 Å². The third kappa shape index (κ3) is 2.13. The fourth-order valence-corrected chi connectivity index (χ4v) is 2.44. The van der Waals surface area contributed by atoms with Crippen molar-refractivity contribution in [3.63, 3.8) is 0 Å². The molecule has 15 heavy (non-hydrogen) atoms. The van der Waals surface area contributed by atoms with E-state index in [1.54, 1.807) is 0 Å². The van der Waals surface area contributed by atoms with Gasteiger partial charge in [0.2, 0.25) is 0 Å². The zero-order chi connectivity index (χ0) is 10.8. The summed E-state index contributed by atoms with van der Waals surface area (Å²) in [5.74, 6) is 0.187. The summed E-state index contributed by atoms with van der Waals surface area (Å²) in [4.78, 5) is 4.27. The van der Waals surface area contributed by atoms with Crippen LogP contribution >= 0.6 is 22.9 Å². The van der Waals surface area contributed by atoms with Crippen LogP contribution in [0.1, 0.15) is 24.1 Å². The molecule has 0 saturated heterocycles. The van der Waals surface area contributed by atoms with E-state index in [9.17, 15) is 0 Å². The molecule has 0 fully saturated rings. The summed E-state index contributed by atoms with van der Waals surface area (Å²) in [6.45, 7) is 2.08. The van der Waals surface area contributed by atoms with Gasteiger partial charge >= 0.3 is 0 Å². The van der Waals surface area contributed by atoms with Crippen molar-refractivity contribution >= 4 is 28.1 Å². The monoisotopic (exact) mass is 238 g/mol. The Morgan fingerprint density at radius 2 is 2.13 bits per heavy atom. The average molecular weight is 239 g/mol. The molecule has 1 aromatic carbocycles. The molecule has 1 aromatic heterocycles. The molecule has 0 amide bonds. The molecule has 0 aliphatic heterocycles. The number of nitrogens with two attached hydrogens (primary N) is 1. The summed E-state index contributed by atoms with van der Waals surface area (Å²) >= 11 is 7.58. The molecule has 2 aromatic rings. The van der Waals surface area contributed by atoms with Gasteiger partial charge in [-0.1, -0.05) is 36.7 Å². The maximum Gasteiger partial charge on any atom is 0.180 e. The van der Waals surface area contributed by atoms with Crippen LogP contribution in [0, 0.1) is 0 Å². The van der Waals surface area contributed by atoms with Gasteiger partial charge in [0.15, 0.2) is 5.13 Å². The Labute approximate surface area is 97.7 Å². The van der Waals surface area contributed by atoms with Gasteiger partial charge in [0.25, 0.3) is 0 Å². The lowest BCUT2D eigenvalue weighted by Crippen LogP contribution is -1.97. The minimum absolute atomic E-state index is 0.187.